The van der Waals surface area contributed by atoms with Gasteiger partial charge in [0.1, 0.15) is 0 Å². The minimum Gasteiger partial charge on any atom is -0.465 e. The van der Waals surface area contributed by atoms with E-state index in [0.29, 0.717) is 24.6 Å². The van der Waals surface area contributed by atoms with E-state index in [1.165, 1.54) is 25.7 Å². The summed E-state index contributed by atoms with van der Waals surface area (Å²) in [6.45, 7) is 5.72. The second kappa shape index (κ2) is 10.7. The Balaban J connectivity index is 1.58. The molecule has 0 spiro atoms. The van der Waals surface area contributed by atoms with Crippen molar-refractivity contribution in [1.82, 2.24) is 5.32 Å². The molecule has 26 heavy (non-hydrogen) atoms. The molecule has 2 aliphatic carbocycles. The van der Waals surface area contributed by atoms with Gasteiger partial charge in [0, 0.05) is 18.0 Å². The largest absolute Gasteiger partial charge is 0.465 e. The lowest BCUT2D eigenvalue weighted by atomic mass is 9.70. The van der Waals surface area contributed by atoms with Crippen molar-refractivity contribution in [2.24, 2.45) is 17.8 Å². The summed E-state index contributed by atoms with van der Waals surface area (Å²) in [7, 11) is 2.06. The van der Waals surface area contributed by atoms with Crippen molar-refractivity contribution in [3.63, 3.8) is 0 Å². The molecule has 0 aromatic heterocycles. The van der Waals surface area contributed by atoms with Gasteiger partial charge >= 0.3 is 11.9 Å². The van der Waals surface area contributed by atoms with Crippen molar-refractivity contribution in [3.8, 4) is 0 Å². The van der Waals surface area contributed by atoms with Gasteiger partial charge in [0.25, 0.3) is 0 Å². The molecular formula is C21H35NO4. The van der Waals surface area contributed by atoms with Gasteiger partial charge in [-0.1, -0.05) is 6.58 Å². The first-order chi connectivity index (χ1) is 12.5. The summed E-state index contributed by atoms with van der Waals surface area (Å²) < 4.78 is 10.4. The molecule has 2 rings (SSSR count). The molecule has 0 atom stereocenters. The van der Waals surface area contributed by atoms with Crippen molar-refractivity contribution in [2.45, 2.75) is 70.8 Å². The van der Waals surface area contributed by atoms with Gasteiger partial charge in [-0.3, -0.25) is 4.79 Å². The van der Waals surface area contributed by atoms with E-state index in [1.54, 1.807) is 6.92 Å². The first-order valence-corrected chi connectivity index (χ1v) is 10.2. The highest BCUT2D eigenvalue weighted by Crippen LogP contribution is 2.40. The molecule has 1 N–H and O–H groups in total. The van der Waals surface area contributed by atoms with Gasteiger partial charge in [0.2, 0.25) is 0 Å². The third-order valence-electron chi connectivity index (χ3n) is 6.07. The van der Waals surface area contributed by atoms with Crippen molar-refractivity contribution >= 4 is 11.9 Å². The number of carbonyl (C=O) groups excluding carboxylic acids is 2. The molecule has 5 heteroatoms. The number of hydrogen-bond acceptors (Lipinski definition) is 5. The quantitative estimate of drug-likeness (QED) is 0.404. The van der Waals surface area contributed by atoms with Gasteiger partial charge in [-0.15, -0.1) is 0 Å². The van der Waals surface area contributed by atoms with Crippen LogP contribution in [-0.2, 0) is 19.1 Å². The van der Waals surface area contributed by atoms with E-state index < -0.39 is 5.97 Å². The molecule has 0 aliphatic heterocycles. The molecule has 0 radical (unpaired) electrons. The first-order valence-electron chi connectivity index (χ1n) is 10.2. The Labute approximate surface area is 157 Å². The predicted octanol–water partition coefficient (Wildman–Crippen LogP) is 3.62. The molecular weight excluding hydrogens is 330 g/mol. The maximum Gasteiger partial charge on any atom is 0.333 e. The van der Waals surface area contributed by atoms with Crippen molar-refractivity contribution < 1.29 is 19.1 Å². The van der Waals surface area contributed by atoms with Gasteiger partial charge in [0.15, 0.2) is 0 Å². The van der Waals surface area contributed by atoms with Crippen LogP contribution < -0.4 is 5.32 Å². The Bertz CT molecular complexity index is 474. The van der Waals surface area contributed by atoms with Crippen molar-refractivity contribution in [3.05, 3.63) is 12.2 Å². The summed E-state index contributed by atoms with van der Waals surface area (Å²) in [5, 5.41) is 3.40. The monoisotopic (exact) mass is 365 g/mol. The second-order valence-corrected chi connectivity index (χ2v) is 7.95. The van der Waals surface area contributed by atoms with Crippen LogP contribution in [0.4, 0.5) is 0 Å². The van der Waals surface area contributed by atoms with Gasteiger partial charge in [-0.25, -0.2) is 4.79 Å². The standard InChI is InChI=1S/C21H35NO4/c1-15(2)20(23)25-13-4-14-26-21(24)18-7-5-16(6-8-18)17-9-11-19(22-3)12-10-17/h16-19,22H,1,4-14H2,2-3H3. The second-order valence-electron chi connectivity index (χ2n) is 7.95. The number of esters is 2. The topological polar surface area (TPSA) is 64.6 Å². The van der Waals surface area contributed by atoms with E-state index in [9.17, 15) is 9.59 Å². The number of hydrogen-bond donors (Lipinski definition) is 1. The zero-order valence-electron chi connectivity index (χ0n) is 16.4. The summed E-state index contributed by atoms with van der Waals surface area (Å²) in [5.74, 6) is 1.22. The van der Waals surface area contributed by atoms with E-state index >= 15 is 0 Å². The van der Waals surface area contributed by atoms with Crippen molar-refractivity contribution in [1.29, 1.82) is 0 Å². The number of nitrogens with one attached hydrogen (secondary N) is 1. The fourth-order valence-corrected chi connectivity index (χ4v) is 4.34. The fourth-order valence-electron chi connectivity index (χ4n) is 4.34. The summed E-state index contributed by atoms with van der Waals surface area (Å²) >= 11 is 0. The Morgan fingerprint density at radius 2 is 1.46 bits per heavy atom. The average Bonchev–Trinajstić information content (AvgIpc) is 2.67. The van der Waals surface area contributed by atoms with E-state index in [0.717, 1.165) is 37.5 Å². The Hall–Kier alpha value is -1.36. The Morgan fingerprint density at radius 1 is 0.923 bits per heavy atom. The Kier molecular flexibility index (Phi) is 8.63. The van der Waals surface area contributed by atoms with E-state index in [1.807, 2.05) is 0 Å². The molecule has 2 saturated carbocycles. The van der Waals surface area contributed by atoms with Crippen LogP contribution in [0.3, 0.4) is 0 Å². The highest BCUT2D eigenvalue weighted by Gasteiger charge is 2.33. The number of carbonyl (C=O) groups is 2. The summed E-state index contributed by atoms with van der Waals surface area (Å²) in [6.07, 6.45) is 10.0. The molecule has 0 amide bonds. The fraction of sp³-hybridized carbons (Fsp3) is 0.810. The van der Waals surface area contributed by atoms with Crippen LogP contribution >= 0.6 is 0 Å². The molecule has 0 saturated heterocycles. The van der Waals surface area contributed by atoms with Crippen LogP contribution in [0.1, 0.15) is 64.7 Å². The maximum absolute atomic E-state index is 12.2. The lowest BCUT2D eigenvalue weighted by molar-refractivity contribution is -0.150. The Morgan fingerprint density at radius 3 is 2.00 bits per heavy atom. The molecule has 5 nitrogen and oxygen atoms in total. The molecule has 0 unspecified atom stereocenters. The van der Waals surface area contributed by atoms with Gasteiger partial charge < -0.3 is 14.8 Å². The lowest BCUT2D eigenvalue weighted by Gasteiger charge is -2.37. The van der Waals surface area contributed by atoms with E-state index in [2.05, 4.69) is 18.9 Å². The molecule has 2 aliphatic rings. The molecule has 0 aromatic rings. The molecule has 0 aromatic carbocycles. The molecule has 0 heterocycles. The number of rotatable bonds is 8. The van der Waals surface area contributed by atoms with Crippen LogP contribution in [0.15, 0.2) is 12.2 Å². The molecule has 0 bridgehead atoms. The van der Waals surface area contributed by atoms with Crippen LogP contribution in [0.25, 0.3) is 0 Å². The van der Waals surface area contributed by atoms with Gasteiger partial charge in [0.05, 0.1) is 19.1 Å². The molecule has 2 fully saturated rings. The van der Waals surface area contributed by atoms with Crippen LogP contribution in [0.2, 0.25) is 0 Å². The van der Waals surface area contributed by atoms with Crippen molar-refractivity contribution in [2.75, 3.05) is 20.3 Å². The van der Waals surface area contributed by atoms with Crippen LogP contribution in [0.5, 0.6) is 0 Å². The number of ether oxygens (including phenoxy) is 2. The van der Waals surface area contributed by atoms with Crippen LogP contribution in [-0.4, -0.2) is 38.2 Å². The first kappa shape index (κ1) is 20.9. The zero-order valence-corrected chi connectivity index (χ0v) is 16.4. The van der Waals surface area contributed by atoms with Gasteiger partial charge in [-0.2, -0.15) is 0 Å². The third kappa shape index (κ3) is 6.42. The van der Waals surface area contributed by atoms with Crippen LogP contribution in [0, 0.1) is 17.8 Å². The van der Waals surface area contributed by atoms with E-state index in [4.69, 9.17) is 9.47 Å². The predicted molar refractivity (Wildman–Crippen MR) is 102 cm³/mol. The smallest absolute Gasteiger partial charge is 0.333 e. The third-order valence-corrected chi connectivity index (χ3v) is 6.07. The minimum absolute atomic E-state index is 0.0536. The summed E-state index contributed by atoms with van der Waals surface area (Å²) in [4.78, 5) is 23.5. The SMILES string of the molecule is C=C(C)C(=O)OCCCOC(=O)C1CCC(C2CCC(NC)CC2)CC1. The highest BCUT2D eigenvalue weighted by atomic mass is 16.5. The zero-order chi connectivity index (χ0) is 18.9. The average molecular weight is 366 g/mol. The normalized spacial score (nSPS) is 29.0. The highest BCUT2D eigenvalue weighted by molar-refractivity contribution is 5.86. The maximum atomic E-state index is 12.2. The summed E-state index contributed by atoms with van der Waals surface area (Å²) in [6, 6.07) is 0.701. The minimum atomic E-state index is -0.390. The summed E-state index contributed by atoms with van der Waals surface area (Å²) in [5.41, 5.74) is 0.387. The van der Waals surface area contributed by atoms with E-state index in [-0.39, 0.29) is 18.5 Å². The molecule has 148 valence electrons. The van der Waals surface area contributed by atoms with Gasteiger partial charge in [-0.05, 0) is 77.2 Å². The lowest BCUT2D eigenvalue weighted by Crippen LogP contribution is -2.34.